The van der Waals surface area contributed by atoms with Gasteiger partial charge in [-0.25, -0.2) is 12.8 Å². The van der Waals surface area contributed by atoms with Crippen LogP contribution in [0.5, 0.6) is 0 Å². The van der Waals surface area contributed by atoms with E-state index in [0.29, 0.717) is 6.54 Å². The molecule has 0 bridgehead atoms. The minimum Gasteiger partial charge on any atom is -0.326 e. The van der Waals surface area contributed by atoms with Crippen LogP contribution in [0.3, 0.4) is 0 Å². The molecule has 0 radical (unpaired) electrons. The van der Waals surface area contributed by atoms with E-state index in [-0.39, 0.29) is 23.0 Å². The summed E-state index contributed by atoms with van der Waals surface area (Å²) in [5.74, 6) is -0.559. The Labute approximate surface area is 119 Å². The van der Waals surface area contributed by atoms with Crippen LogP contribution in [-0.4, -0.2) is 25.3 Å². The van der Waals surface area contributed by atoms with Crippen molar-refractivity contribution in [3.05, 3.63) is 29.6 Å². The van der Waals surface area contributed by atoms with Crippen LogP contribution in [0.4, 0.5) is 4.39 Å². The number of nitrogens with zero attached hydrogens (tertiary/aromatic N) is 1. The first-order valence-corrected chi connectivity index (χ1v) is 8.41. The van der Waals surface area contributed by atoms with Gasteiger partial charge in [0.25, 0.3) is 0 Å². The lowest BCUT2D eigenvalue weighted by Gasteiger charge is -2.27. The summed E-state index contributed by atoms with van der Waals surface area (Å²) in [5, 5.41) is 0. The van der Waals surface area contributed by atoms with E-state index in [1.54, 1.807) is 0 Å². The number of halogens is 1. The van der Waals surface area contributed by atoms with E-state index in [1.165, 1.54) is 22.5 Å². The molecular weight excluding hydrogens is 279 g/mol. The molecule has 0 aliphatic carbocycles. The number of sulfonamides is 1. The maximum Gasteiger partial charge on any atom is 0.243 e. The third kappa shape index (κ3) is 2.87. The zero-order valence-corrected chi connectivity index (χ0v) is 12.5. The normalized spacial score (nSPS) is 21.6. The van der Waals surface area contributed by atoms with E-state index >= 15 is 0 Å². The van der Waals surface area contributed by atoms with E-state index in [1.807, 2.05) is 6.92 Å². The van der Waals surface area contributed by atoms with Crippen LogP contribution in [0.15, 0.2) is 23.1 Å². The van der Waals surface area contributed by atoms with Crippen molar-refractivity contribution >= 4 is 10.0 Å². The molecule has 20 heavy (non-hydrogen) atoms. The van der Waals surface area contributed by atoms with E-state index in [0.717, 1.165) is 25.7 Å². The first-order chi connectivity index (χ1) is 9.48. The fraction of sp³-hybridized carbons (Fsp3) is 0.571. The van der Waals surface area contributed by atoms with Crippen LogP contribution in [-0.2, 0) is 16.6 Å². The highest BCUT2D eigenvalue weighted by atomic mass is 32.2. The van der Waals surface area contributed by atoms with Crippen molar-refractivity contribution in [3.8, 4) is 0 Å². The molecule has 112 valence electrons. The number of nitrogens with two attached hydrogens (primary N) is 1. The smallest absolute Gasteiger partial charge is 0.243 e. The Balaban J connectivity index is 2.46. The molecule has 6 heteroatoms. The van der Waals surface area contributed by atoms with Crippen molar-refractivity contribution in [2.75, 3.05) is 6.54 Å². The van der Waals surface area contributed by atoms with Crippen LogP contribution < -0.4 is 5.73 Å². The molecule has 0 saturated carbocycles. The highest BCUT2D eigenvalue weighted by Gasteiger charge is 2.32. The lowest BCUT2D eigenvalue weighted by molar-refractivity contribution is 0.341. The molecule has 0 amide bonds. The molecule has 1 aromatic rings. The standard InChI is InChI=1S/C14H21FN2O2S/c1-11-6-3-2-4-9-17(11)20(18,19)14-8-5-7-13(15)12(14)10-16/h5,7-8,11H,2-4,6,9-10,16H2,1H3. The van der Waals surface area contributed by atoms with Crippen molar-refractivity contribution in [2.24, 2.45) is 5.73 Å². The Morgan fingerprint density at radius 2 is 2.10 bits per heavy atom. The predicted octanol–water partition coefficient (Wildman–Crippen LogP) is 2.24. The fourth-order valence-corrected chi connectivity index (χ4v) is 4.65. The van der Waals surface area contributed by atoms with Crippen molar-refractivity contribution in [3.63, 3.8) is 0 Å². The summed E-state index contributed by atoms with van der Waals surface area (Å²) in [7, 11) is -3.69. The summed E-state index contributed by atoms with van der Waals surface area (Å²) in [4.78, 5) is 0.00810. The topological polar surface area (TPSA) is 63.4 Å². The molecule has 2 rings (SSSR count). The van der Waals surface area contributed by atoms with Crippen molar-refractivity contribution in [2.45, 2.75) is 50.1 Å². The molecule has 1 saturated heterocycles. The fourth-order valence-electron chi connectivity index (χ4n) is 2.71. The van der Waals surface area contributed by atoms with E-state index < -0.39 is 15.8 Å². The van der Waals surface area contributed by atoms with Gasteiger partial charge >= 0.3 is 0 Å². The average Bonchev–Trinajstić information content (AvgIpc) is 2.63. The average molecular weight is 300 g/mol. The Morgan fingerprint density at radius 1 is 1.35 bits per heavy atom. The minimum atomic E-state index is -3.69. The molecule has 1 aliphatic rings. The second kappa shape index (κ2) is 6.20. The molecule has 1 unspecified atom stereocenters. The Kier molecular flexibility index (Phi) is 4.78. The Bertz CT molecular complexity index is 575. The van der Waals surface area contributed by atoms with Gasteiger partial charge in [-0.3, -0.25) is 0 Å². The number of rotatable bonds is 3. The SMILES string of the molecule is CC1CCCCCN1S(=O)(=O)c1cccc(F)c1CN. The van der Waals surface area contributed by atoms with Crippen LogP contribution in [0.1, 0.15) is 38.2 Å². The van der Waals surface area contributed by atoms with Gasteiger partial charge in [-0.1, -0.05) is 18.9 Å². The van der Waals surface area contributed by atoms with Crippen molar-refractivity contribution in [1.29, 1.82) is 0 Å². The maximum absolute atomic E-state index is 13.8. The maximum atomic E-state index is 13.8. The van der Waals surface area contributed by atoms with Gasteiger partial charge in [0.05, 0.1) is 4.90 Å². The summed E-state index contributed by atoms with van der Waals surface area (Å²) in [5.41, 5.74) is 5.59. The van der Waals surface area contributed by atoms with Gasteiger partial charge in [-0.05, 0) is 31.9 Å². The van der Waals surface area contributed by atoms with Gasteiger partial charge in [0.1, 0.15) is 5.82 Å². The molecule has 1 fully saturated rings. The lowest BCUT2D eigenvalue weighted by atomic mass is 10.1. The quantitative estimate of drug-likeness (QED) is 0.931. The number of hydrogen-bond acceptors (Lipinski definition) is 3. The van der Waals surface area contributed by atoms with Crippen LogP contribution in [0.25, 0.3) is 0 Å². The zero-order valence-electron chi connectivity index (χ0n) is 11.7. The minimum absolute atomic E-state index is 0.00810. The second-order valence-corrected chi connectivity index (χ2v) is 7.09. The second-order valence-electron chi connectivity index (χ2n) is 5.23. The number of hydrogen-bond donors (Lipinski definition) is 1. The number of benzene rings is 1. The largest absolute Gasteiger partial charge is 0.326 e. The summed E-state index contributed by atoms with van der Waals surface area (Å²) < 4.78 is 40.8. The highest BCUT2D eigenvalue weighted by molar-refractivity contribution is 7.89. The highest BCUT2D eigenvalue weighted by Crippen LogP contribution is 2.27. The zero-order chi connectivity index (χ0) is 14.8. The van der Waals surface area contributed by atoms with E-state index in [9.17, 15) is 12.8 Å². The van der Waals surface area contributed by atoms with Gasteiger partial charge in [0.15, 0.2) is 0 Å². The summed E-state index contributed by atoms with van der Waals surface area (Å²) in [6.07, 6.45) is 3.74. The van der Waals surface area contributed by atoms with Gasteiger partial charge in [0, 0.05) is 24.7 Å². The molecule has 1 aliphatic heterocycles. The molecule has 1 atom stereocenters. The van der Waals surface area contributed by atoms with Crippen LogP contribution in [0.2, 0.25) is 0 Å². The van der Waals surface area contributed by atoms with Gasteiger partial charge in [-0.2, -0.15) is 4.31 Å². The molecule has 0 aromatic heterocycles. The molecule has 0 spiro atoms. The van der Waals surface area contributed by atoms with Crippen molar-refractivity contribution in [1.82, 2.24) is 4.31 Å². The Morgan fingerprint density at radius 3 is 2.80 bits per heavy atom. The molecule has 2 N–H and O–H groups in total. The summed E-state index contributed by atoms with van der Waals surface area (Å²) in [6, 6.07) is 4.05. The lowest BCUT2D eigenvalue weighted by Crippen LogP contribution is -2.38. The first kappa shape index (κ1) is 15.4. The molecule has 1 aromatic carbocycles. The van der Waals surface area contributed by atoms with Gasteiger partial charge < -0.3 is 5.73 Å². The molecule has 1 heterocycles. The third-order valence-electron chi connectivity index (χ3n) is 3.86. The molecule has 4 nitrogen and oxygen atoms in total. The summed E-state index contributed by atoms with van der Waals surface area (Å²) >= 11 is 0. The summed E-state index contributed by atoms with van der Waals surface area (Å²) in [6.45, 7) is 2.28. The van der Waals surface area contributed by atoms with Crippen molar-refractivity contribution < 1.29 is 12.8 Å². The predicted molar refractivity (Wildman–Crippen MR) is 76.1 cm³/mol. The van der Waals surface area contributed by atoms with Crippen LogP contribution in [0, 0.1) is 5.82 Å². The first-order valence-electron chi connectivity index (χ1n) is 6.97. The molecular formula is C14H21FN2O2S. The van der Waals surface area contributed by atoms with E-state index in [4.69, 9.17) is 5.73 Å². The van der Waals surface area contributed by atoms with Crippen LogP contribution >= 0.6 is 0 Å². The monoisotopic (exact) mass is 300 g/mol. The van der Waals surface area contributed by atoms with E-state index in [2.05, 4.69) is 0 Å². The third-order valence-corrected chi connectivity index (χ3v) is 5.96. The Hall–Kier alpha value is -0.980. The van der Waals surface area contributed by atoms with Gasteiger partial charge in [-0.15, -0.1) is 0 Å². The van der Waals surface area contributed by atoms with Gasteiger partial charge in [0.2, 0.25) is 10.0 Å².